The molecule has 0 radical (unpaired) electrons. The monoisotopic (exact) mass is 565 g/mol. The van der Waals surface area contributed by atoms with Gasteiger partial charge in [0.15, 0.2) is 6.29 Å². The van der Waals surface area contributed by atoms with Crippen LogP contribution in [0.4, 0.5) is 22.0 Å². The van der Waals surface area contributed by atoms with E-state index in [-0.39, 0.29) is 30.6 Å². The highest BCUT2D eigenvalue weighted by atomic mass is 32.2. The molecule has 1 N–H and O–H groups in total. The van der Waals surface area contributed by atoms with Crippen LogP contribution in [0.25, 0.3) is 0 Å². The molecule has 12 heteroatoms. The van der Waals surface area contributed by atoms with Gasteiger partial charge in [0.05, 0.1) is 30.6 Å². The number of rotatable bonds is 7. The highest BCUT2D eigenvalue weighted by molar-refractivity contribution is 8.00. The molecule has 2 heterocycles. The lowest BCUT2D eigenvalue weighted by Gasteiger charge is -2.37. The Hall–Kier alpha value is -3.24. The second-order valence-corrected chi connectivity index (χ2v) is 10.4. The molecule has 6 nitrogen and oxygen atoms in total. The first-order valence-electron chi connectivity index (χ1n) is 11.8. The number of hydrogen-bond acceptors (Lipinski definition) is 6. The summed E-state index contributed by atoms with van der Waals surface area (Å²) in [4.78, 5) is 3.86. The van der Waals surface area contributed by atoms with Gasteiger partial charge in [0, 0.05) is 22.4 Å². The van der Waals surface area contributed by atoms with Crippen LogP contribution in [-0.4, -0.2) is 49.9 Å². The molecule has 206 valence electrons. The molecule has 4 rings (SSSR count). The Labute approximate surface area is 225 Å². The molecule has 2 atom stereocenters. The molecule has 1 saturated heterocycles. The van der Waals surface area contributed by atoms with Gasteiger partial charge in [-0.05, 0) is 42.5 Å². The predicted octanol–water partition coefficient (Wildman–Crippen LogP) is 4.93. The van der Waals surface area contributed by atoms with Gasteiger partial charge in [-0.2, -0.15) is 18.3 Å². The molecule has 2 aromatic carbocycles. The summed E-state index contributed by atoms with van der Waals surface area (Å²) in [6, 6.07) is 7.56. The number of alkyl halides is 3. The lowest BCUT2D eigenvalue weighted by molar-refractivity contribution is -0.146. The number of nitrogens with zero attached hydrogens (tertiary/aromatic N) is 3. The minimum absolute atomic E-state index is 0.0653. The van der Waals surface area contributed by atoms with Gasteiger partial charge < -0.3 is 14.6 Å². The second-order valence-electron chi connectivity index (χ2n) is 8.78. The summed E-state index contributed by atoms with van der Waals surface area (Å²) in [5.74, 6) is 3.85. The largest absolute Gasteiger partial charge is 0.416 e. The summed E-state index contributed by atoms with van der Waals surface area (Å²) in [6.45, 7) is 2.15. The van der Waals surface area contributed by atoms with Crippen molar-refractivity contribution in [2.24, 2.45) is 0 Å². The minimum atomic E-state index is -4.40. The van der Waals surface area contributed by atoms with Gasteiger partial charge in [0.25, 0.3) is 0 Å². The number of allylic oxidation sites excluding steroid dienone is 1. The second kappa shape index (κ2) is 12.3. The third-order valence-corrected chi connectivity index (χ3v) is 7.45. The van der Waals surface area contributed by atoms with Gasteiger partial charge in [-0.15, -0.1) is 11.8 Å². The van der Waals surface area contributed by atoms with E-state index in [1.807, 2.05) is 0 Å². The quantitative estimate of drug-likeness (QED) is 0.324. The standard InChI is InChI=1S/C27H24F5N3O3S/c1-18(26(36,15-35-17-33-16-34-35)23-11-10-21(28)12-24(23)29)39-22-13-37-25(38-14-22)5-3-2-4-19-6-8-20(9-7-19)27(30,31)32/h3,5-12,16-18,22,25,36H,13-15H2,1H3/t18-,22-,25-,26-/m1/s1. The molecular weight excluding hydrogens is 541 g/mol. The van der Waals surface area contributed by atoms with E-state index in [4.69, 9.17) is 9.47 Å². The Kier molecular flexibility index (Phi) is 9.07. The zero-order valence-electron chi connectivity index (χ0n) is 20.6. The van der Waals surface area contributed by atoms with Crippen LogP contribution in [-0.2, 0) is 27.8 Å². The van der Waals surface area contributed by atoms with Crippen molar-refractivity contribution < 1.29 is 36.5 Å². The average Bonchev–Trinajstić information content (AvgIpc) is 3.40. The van der Waals surface area contributed by atoms with Crippen LogP contribution in [0.2, 0.25) is 0 Å². The van der Waals surface area contributed by atoms with E-state index in [1.165, 1.54) is 53.4 Å². The topological polar surface area (TPSA) is 69.4 Å². The highest BCUT2D eigenvalue weighted by Gasteiger charge is 2.41. The Bertz CT molecular complexity index is 1330. The SMILES string of the molecule is C[C@@H](S[C@H]1CO[C@H](C=CC#Cc2ccc(C(F)(F)F)cc2)OC1)[C@](O)(Cn1cncn1)c1ccc(F)cc1F. The van der Waals surface area contributed by atoms with Crippen molar-refractivity contribution in [2.45, 2.75) is 42.0 Å². The molecule has 1 aromatic heterocycles. The third kappa shape index (κ3) is 7.45. The summed E-state index contributed by atoms with van der Waals surface area (Å²) >= 11 is 1.33. The lowest BCUT2D eigenvalue weighted by Crippen LogP contribution is -2.43. The lowest BCUT2D eigenvalue weighted by atomic mass is 9.90. The first kappa shape index (κ1) is 28.8. The Morgan fingerprint density at radius 2 is 1.87 bits per heavy atom. The van der Waals surface area contributed by atoms with Crippen molar-refractivity contribution in [2.75, 3.05) is 13.2 Å². The van der Waals surface area contributed by atoms with Gasteiger partial charge in [-0.1, -0.05) is 24.8 Å². The van der Waals surface area contributed by atoms with Crippen LogP contribution in [0.3, 0.4) is 0 Å². The van der Waals surface area contributed by atoms with E-state index in [0.29, 0.717) is 5.56 Å². The molecule has 1 aliphatic rings. The number of benzene rings is 2. The van der Waals surface area contributed by atoms with E-state index in [9.17, 15) is 27.1 Å². The first-order valence-corrected chi connectivity index (χ1v) is 12.7. The molecule has 0 saturated carbocycles. The molecule has 3 aromatic rings. The summed E-state index contributed by atoms with van der Waals surface area (Å²) in [6.07, 6.45) is 0.686. The fourth-order valence-electron chi connectivity index (χ4n) is 3.92. The number of ether oxygens (including phenoxy) is 2. The molecule has 1 aliphatic heterocycles. The maximum atomic E-state index is 14.7. The zero-order valence-corrected chi connectivity index (χ0v) is 21.4. The molecule has 39 heavy (non-hydrogen) atoms. The highest BCUT2D eigenvalue weighted by Crippen LogP contribution is 2.38. The van der Waals surface area contributed by atoms with Gasteiger partial charge >= 0.3 is 6.18 Å². The predicted molar refractivity (Wildman–Crippen MR) is 134 cm³/mol. The van der Waals surface area contributed by atoms with Crippen molar-refractivity contribution in [1.82, 2.24) is 14.8 Å². The average molecular weight is 566 g/mol. The van der Waals surface area contributed by atoms with Crippen LogP contribution in [0, 0.1) is 23.5 Å². The molecule has 0 spiro atoms. The van der Waals surface area contributed by atoms with Crippen molar-refractivity contribution in [1.29, 1.82) is 0 Å². The normalized spacial score (nSPS) is 20.3. The smallest absolute Gasteiger partial charge is 0.382 e. The molecule has 0 bridgehead atoms. The number of thioether (sulfide) groups is 1. The summed E-state index contributed by atoms with van der Waals surface area (Å²) < 4.78 is 79.0. The van der Waals surface area contributed by atoms with Gasteiger partial charge in [-0.25, -0.2) is 18.4 Å². The van der Waals surface area contributed by atoms with E-state index < -0.39 is 40.5 Å². The number of hydrogen-bond donors (Lipinski definition) is 1. The van der Waals surface area contributed by atoms with Crippen LogP contribution >= 0.6 is 11.8 Å². The fraction of sp³-hybridized carbons (Fsp3) is 0.333. The number of aromatic nitrogens is 3. The van der Waals surface area contributed by atoms with E-state index in [0.717, 1.165) is 24.3 Å². The third-order valence-electron chi connectivity index (χ3n) is 5.99. The fourth-order valence-corrected chi connectivity index (χ4v) is 5.24. The maximum Gasteiger partial charge on any atom is 0.416 e. The van der Waals surface area contributed by atoms with Crippen molar-refractivity contribution in [3.8, 4) is 11.8 Å². The van der Waals surface area contributed by atoms with Crippen molar-refractivity contribution in [3.63, 3.8) is 0 Å². The molecular formula is C27H24F5N3O3S. The van der Waals surface area contributed by atoms with Gasteiger partial charge in [0.2, 0.25) is 0 Å². The first-order chi connectivity index (χ1) is 18.5. The van der Waals surface area contributed by atoms with E-state index >= 15 is 0 Å². The van der Waals surface area contributed by atoms with Gasteiger partial charge in [0.1, 0.15) is 29.9 Å². The van der Waals surface area contributed by atoms with Crippen molar-refractivity contribution >= 4 is 11.8 Å². The van der Waals surface area contributed by atoms with Gasteiger partial charge in [-0.3, -0.25) is 0 Å². The molecule has 0 unspecified atom stereocenters. The summed E-state index contributed by atoms with van der Waals surface area (Å²) in [5, 5.41) is 14.9. The number of halogens is 5. The Balaban J connectivity index is 1.34. The molecule has 0 amide bonds. The zero-order chi connectivity index (χ0) is 28.0. The maximum absolute atomic E-state index is 14.7. The van der Waals surface area contributed by atoms with E-state index in [2.05, 4.69) is 21.9 Å². The van der Waals surface area contributed by atoms with Crippen LogP contribution in [0.1, 0.15) is 23.6 Å². The molecule has 0 aliphatic carbocycles. The minimum Gasteiger partial charge on any atom is -0.382 e. The van der Waals surface area contributed by atoms with Crippen molar-refractivity contribution in [3.05, 3.63) is 95.6 Å². The summed E-state index contributed by atoms with van der Waals surface area (Å²) in [7, 11) is 0. The van der Waals surface area contributed by atoms with Crippen LogP contribution in [0.5, 0.6) is 0 Å². The molecule has 1 fully saturated rings. The summed E-state index contributed by atoms with van der Waals surface area (Å²) in [5.41, 5.74) is -2.13. The Morgan fingerprint density at radius 1 is 1.15 bits per heavy atom. The van der Waals surface area contributed by atoms with Crippen LogP contribution < -0.4 is 0 Å². The Morgan fingerprint density at radius 3 is 2.49 bits per heavy atom. The van der Waals surface area contributed by atoms with Crippen LogP contribution in [0.15, 0.2) is 67.3 Å². The van der Waals surface area contributed by atoms with E-state index in [1.54, 1.807) is 13.0 Å². The number of aliphatic hydroxyl groups is 1.